The third-order valence-electron chi connectivity index (χ3n) is 1.78. The third-order valence-corrected chi connectivity index (χ3v) is 2.39. The summed E-state index contributed by atoms with van der Waals surface area (Å²) < 4.78 is 45.0. The van der Waals surface area contributed by atoms with Crippen molar-refractivity contribution in [3.63, 3.8) is 0 Å². The lowest BCUT2D eigenvalue weighted by molar-refractivity contribution is -0.390. The third kappa shape index (κ3) is 3.22. The van der Waals surface area contributed by atoms with Crippen LogP contribution in [0.5, 0.6) is 11.5 Å². The number of alkyl halides is 4. The average molecular weight is 331 g/mol. The quantitative estimate of drug-likeness (QED) is 0.482. The van der Waals surface area contributed by atoms with Gasteiger partial charge in [-0.15, -0.1) is 13.2 Å². The number of nitrogens with zero attached hydrogens (tertiary/aromatic N) is 2. The van der Waals surface area contributed by atoms with Crippen LogP contribution in [-0.2, 0) is 5.33 Å². The van der Waals surface area contributed by atoms with Gasteiger partial charge in [-0.05, 0) is 9.91 Å². The Kier molecular flexibility index (Phi) is 4.33. The van der Waals surface area contributed by atoms with Gasteiger partial charge in [-0.3, -0.25) is 0 Å². The minimum atomic E-state index is -4.99. The lowest BCUT2D eigenvalue weighted by Gasteiger charge is -2.14. The second-order valence-corrected chi connectivity index (χ2v) is 3.47. The first-order valence-corrected chi connectivity index (χ1v) is 5.44. The molecule has 0 fully saturated rings. The summed E-state index contributed by atoms with van der Waals surface area (Å²) in [5.41, 5.74) is -0.0187. The molecule has 100 valence electrons. The molecule has 0 spiro atoms. The van der Waals surface area contributed by atoms with E-state index in [2.05, 4.69) is 30.4 Å². The Bertz CT molecular complexity index is 466. The summed E-state index contributed by atoms with van der Waals surface area (Å²) in [6, 6.07) is 0. The molecule has 1 aromatic rings. The maximum absolute atomic E-state index is 12.2. The van der Waals surface area contributed by atoms with Gasteiger partial charge in [0.05, 0.1) is 12.7 Å². The van der Waals surface area contributed by atoms with Gasteiger partial charge < -0.3 is 19.6 Å². The zero-order chi connectivity index (χ0) is 13.9. The molecule has 0 amide bonds. The molecule has 0 saturated carbocycles. The number of aromatic nitrogens is 1. The molecule has 0 aliphatic heterocycles. The molecule has 6 nitrogen and oxygen atoms in total. The Labute approximate surface area is 107 Å². The minimum absolute atomic E-state index is 0.0187. The number of hydrogen-bond donors (Lipinski definition) is 0. The van der Waals surface area contributed by atoms with Gasteiger partial charge in [0.2, 0.25) is 0 Å². The first-order chi connectivity index (χ1) is 8.30. The van der Waals surface area contributed by atoms with Crippen molar-refractivity contribution in [2.75, 3.05) is 7.11 Å². The zero-order valence-corrected chi connectivity index (χ0v) is 10.4. The zero-order valence-electron chi connectivity index (χ0n) is 8.82. The highest BCUT2D eigenvalue weighted by Gasteiger charge is 2.36. The Balaban J connectivity index is 3.41. The van der Waals surface area contributed by atoms with Crippen molar-refractivity contribution in [1.82, 2.24) is 4.98 Å². The standard InChI is InChI=1S/C8H6BrF3N2O4/c1-17-6-5(18-8(10,11)12)4(2-9)3-13-7(6)14(15)16/h3H,2H2,1H3. The van der Waals surface area contributed by atoms with Gasteiger partial charge in [0.1, 0.15) is 6.20 Å². The molecule has 10 heteroatoms. The summed E-state index contributed by atoms with van der Waals surface area (Å²) in [6.45, 7) is 0. The van der Waals surface area contributed by atoms with Crippen LogP contribution < -0.4 is 9.47 Å². The summed E-state index contributed by atoms with van der Waals surface area (Å²) in [4.78, 5) is 13.1. The number of nitro groups is 1. The molecule has 18 heavy (non-hydrogen) atoms. The molecule has 0 atom stereocenters. The highest BCUT2D eigenvalue weighted by atomic mass is 79.9. The summed E-state index contributed by atoms with van der Waals surface area (Å²) in [7, 11) is 0.991. The molecular formula is C8H6BrF3N2O4. The Morgan fingerprint density at radius 3 is 2.50 bits per heavy atom. The van der Waals surface area contributed by atoms with E-state index >= 15 is 0 Å². The van der Waals surface area contributed by atoms with Crippen LogP contribution in [0.15, 0.2) is 6.20 Å². The van der Waals surface area contributed by atoms with E-state index in [1.165, 1.54) is 0 Å². The minimum Gasteiger partial charge on any atom is -0.486 e. The van der Waals surface area contributed by atoms with Crippen LogP contribution in [0.2, 0.25) is 0 Å². The molecule has 0 aliphatic rings. The van der Waals surface area contributed by atoms with E-state index in [1.54, 1.807) is 0 Å². The topological polar surface area (TPSA) is 74.5 Å². The molecule has 1 rings (SSSR count). The molecule has 1 heterocycles. The largest absolute Gasteiger partial charge is 0.573 e. The lowest BCUT2D eigenvalue weighted by atomic mass is 10.2. The Morgan fingerprint density at radius 1 is 1.50 bits per heavy atom. The SMILES string of the molecule is COc1c([N+](=O)[O-])ncc(CBr)c1OC(F)(F)F. The lowest BCUT2D eigenvalue weighted by Crippen LogP contribution is -2.19. The predicted molar refractivity (Wildman–Crippen MR) is 56.8 cm³/mol. The van der Waals surface area contributed by atoms with Crippen molar-refractivity contribution in [2.45, 2.75) is 11.7 Å². The van der Waals surface area contributed by atoms with Crippen molar-refractivity contribution in [1.29, 1.82) is 0 Å². The van der Waals surface area contributed by atoms with Crippen molar-refractivity contribution >= 4 is 21.7 Å². The monoisotopic (exact) mass is 330 g/mol. The second-order valence-electron chi connectivity index (χ2n) is 2.91. The van der Waals surface area contributed by atoms with E-state index in [-0.39, 0.29) is 10.9 Å². The van der Waals surface area contributed by atoms with Gasteiger partial charge in [-0.2, -0.15) is 0 Å². The summed E-state index contributed by atoms with van der Waals surface area (Å²) in [6.07, 6.45) is -4.07. The van der Waals surface area contributed by atoms with E-state index in [1.807, 2.05) is 0 Å². The van der Waals surface area contributed by atoms with Crippen LogP contribution >= 0.6 is 15.9 Å². The van der Waals surface area contributed by atoms with Crippen LogP contribution in [0.3, 0.4) is 0 Å². The van der Waals surface area contributed by atoms with Crippen LogP contribution in [-0.4, -0.2) is 23.4 Å². The molecular weight excluding hydrogens is 325 g/mol. The first kappa shape index (κ1) is 14.5. The van der Waals surface area contributed by atoms with Gasteiger partial charge in [0, 0.05) is 5.33 Å². The van der Waals surface area contributed by atoms with Gasteiger partial charge in [0.15, 0.2) is 5.75 Å². The number of halogens is 4. The molecule has 0 radical (unpaired) electrons. The fourth-order valence-electron chi connectivity index (χ4n) is 1.14. The van der Waals surface area contributed by atoms with Gasteiger partial charge in [-0.1, -0.05) is 15.9 Å². The second kappa shape index (κ2) is 5.38. The van der Waals surface area contributed by atoms with Gasteiger partial charge in [0.25, 0.3) is 5.75 Å². The van der Waals surface area contributed by atoms with Gasteiger partial charge in [-0.25, -0.2) is 0 Å². The Hall–Kier alpha value is -1.58. The summed E-state index contributed by atoms with van der Waals surface area (Å²) in [5, 5.41) is 10.6. The average Bonchev–Trinajstić information content (AvgIpc) is 2.26. The normalized spacial score (nSPS) is 11.2. The summed E-state index contributed by atoms with van der Waals surface area (Å²) in [5.74, 6) is -2.29. The molecule has 1 aromatic heterocycles. The molecule has 0 aliphatic carbocycles. The number of ether oxygens (including phenoxy) is 2. The fraction of sp³-hybridized carbons (Fsp3) is 0.375. The molecule has 0 bridgehead atoms. The number of hydrogen-bond acceptors (Lipinski definition) is 5. The predicted octanol–water partition coefficient (Wildman–Crippen LogP) is 2.79. The van der Waals surface area contributed by atoms with Crippen LogP contribution in [0.1, 0.15) is 5.56 Å². The van der Waals surface area contributed by atoms with E-state index in [0.717, 1.165) is 13.3 Å². The van der Waals surface area contributed by atoms with Gasteiger partial charge >= 0.3 is 12.2 Å². The smallest absolute Gasteiger partial charge is 0.486 e. The Morgan fingerprint density at radius 2 is 2.11 bits per heavy atom. The van der Waals surface area contributed by atoms with Crippen molar-refractivity contribution in [3.05, 3.63) is 21.9 Å². The molecule has 0 N–H and O–H groups in total. The summed E-state index contributed by atoms with van der Waals surface area (Å²) >= 11 is 2.93. The van der Waals surface area contributed by atoms with E-state index in [4.69, 9.17) is 0 Å². The molecule has 0 saturated heterocycles. The van der Waals surface area contributed by atoms with E-state index < -0.39 is 28.6 Å². The molecule has 0 aromatic carbocycles. The van der Waals surface area contributed by atoms with Crippen molar-refractivity contribution in [2.24, 2.45) is 0 Å². The highest BCUT2D eigenvalue weighted by molar-refractivity contribution is 9.08. The number of methoxy groups -OCH3 is 1. The van der Waals surface area contributed by atoms with Crippen LogP contribution in [0.25, 0.3) is 0 Å². The number of rotatable bonds is 4. The fourth-order valence-corrected chi connectivity index (χ4v) is 1.54. The van der Waals surface area contributed by atoms with E-state index in [0.29, 0.717) is 0 Å². The molecule has 0 unspecified atom stereocenters. The van der Waals surface area contributed by atoms with Crippen LogP contribution in [0.4, 0.5) is 19.0 Å². The maximum Gasteiger partial charge on any atom is 0.573 e. The van der Waals surface area contributed by atoms with Crippen molar-refractivity contribution in [3.8, 4) is 11.5 Å². The van der Waals surface area contributed by atoms with Crippen LogP contribution in [0, 0.1) is 10.1 Å². The van der Waals surface area contributed by atoms with E-state index in [9.17, 15) is 23.3 Å². The van der Waals surface area contributed by atoms with Crippen molar-refractivity contribution < 1.29 is 27.6 Å². The highest BCUT2D eigenvalue weighted by Crippen LogP contribution is 2.41. The first-order valence-electron chi connectivity index (χ1n) is 4.32. The number of pyridine rings is 1. The maximum atomic E-state index is 12.2.